The number of rotatable bonds is 3. The Balaban J connectivity index is 2.25. The Bertz CT molecular complexity index is 873. The molecule has 2 heterocycles. The maximum Gasteiger partial charge on any atom is 0.302 e. The third-order valence-electron chi connectivity index (χ3n) is 2.87. The number of benzene rings is 1. The highest BCUT2D eigenvalue weighted by Gasteiger charge is 2.16. The van der Waals surface area contributed by atoms with E-state index in [1.54, 1.807) is 25.3 Å². The van der Waals surface area contributed by atoms with E-state index in [4.69, 9.17) is 15.2 Å². The third kappa shape index (κ3) is 2.17. The van der Waals surface area contributed by atoms with Crippen LogP contribution < -0.4 is 20.8 Å². The summed E-state index contributed by atoms with van der Waals surface area (Å²) in [6.07, 6.45) is 0. The van der Waals surface area contributed by atoms with E-state index < -0.39 is 5.56 Å². The molecule has 0 fully saturated rings. The van der Waals surface area contributed by atoms with E-state index in [0.717, 1.165) is 15.9 Å². The van der Waals surface area contributed by atoms with Crippen LogP contribution in [-0.4, -0.2) is 34.0 Å². The van der Waals surface area contributed by atoms with Crippen LogP contribution in [0.5, 0.6) is 11.5 Å². The molecule has 3 rings (SSSR count). The number of anilines is 1. The minimum Gasteiger partial charge on any atom is -0.497 e. The van der Waals surface area contributed by atoms with Crippen molar-refractivity contribution in [1.29, 1.82) is 0 Å². The monoisotopic (exact) mass is 305 g/mol. The number of nitrogens with zero attached hydrogens (tertiary/aromatic N) is 4. The number of hydrogen-bond donors (Lipinski definition) is 1. The van der Waals surface area contributed by atoms with Crippen molar-refractivity contribution in [2.24, 2.45) is 0 Å². The quantitative estimate of drug-likeness (QED) is 0.763. The molecule has 0 saturated heterocycles. The first-order valence-corrected chi connectivity index (χ1v) is 6.70. The van der Waals surface area contributed by atoms with Crippen molar-refractivity contribution < 1.29 is 9.47 Å². The molecule has 3 aromatic rings. The lowest BCUT2D eigenvalue weighted by atomic mass is 10.1. The molecule has 9 heteroatoms. The highest BCUT2D eigenvalue weighted by Crippen LogP contribution is 2.30. The van der Waals surface area contributed by atoms with Gasteiger partial charge in [-0.2, -0.15) is 4.52 Å². The van der Waals surface area contributed by atoms with Crippen LogP contribution in [0, 0.1) is 0 Å². The number of nitrogen functional groups attached to an aromatic ring is 1. The molecule has 0 aliphatic carbocycles. The van der Waals surface area contributed by atoms with Crippen molar-refractivity contribution in [3.63, 3.8) is 0 Å². The summed E-state index contributed by atoms with van der Waals surface area (Å²) in [4.78, 5) is 12.8. The van der Waals surface area contributed by atoms with Crippen molar-refractivity contribution >= 4 is 21.4 Å². The molecule has 0 radical (unpaired) electrons. The zero-order chi connectivity index (χ0) is 15.0. The second-order valence-electron chi connectivity index (χ2n) is 4.05. The number of ether oxygens (including phenoxy) is 2. The highest BCUT2D eigenvalue weighted by molar-refractivity contribution is 7.20. The maximum absolute atomic E-state index is 12.4. The summed E-state index contributed by atoms with van der Waals surface area (Å²) in [5, 5.41) is 12.1. The van der Waals surface area contributed by atoms with Gasteiger partial charge in [0.25, 0.3) is 0 Å². The normalized spacial score (nSPS) is 10.8. The standard InChI is InChI=1S/C12H11N5O3S/c1-19-6-3-4-7(8(5-6)20-2)9-10(18)17-12(15-14-9)21-11(13)16-17/h3-5H,1-2H3,(H2,13,16). The fourth-order valence-corrected chi connectivity index (χ4v) is 2.49. The van der Waals surface area contributed by atoms with Gasteiger partial charge in [-0.1, -0.05) is 11.3 Å². The lowest BCUT2D eigenvalue weighted by Gasteiger charge is -2.08. The van der Waals surface area contributed by atoms with Crippen molar-refractivity contribution in [3.05, 3.63) is 28.6 Å². The number of hydrogen-bond acceptors (Lipinski definition) is 8. The summed E-state index contributed by atoms with van der Waals surface area (Å²) in [6.45, 7) is 0. The van der Waals surface area contributed by atoms with Crippen LogP contribution in [0.1, 0.15) is 0 Å². The minimum atomic E-state index is -0.406. The summed E-state index contributed by atoms with van der Waals surface area (Å²) in [5.74, 6) is 1.08. The molecule has 0 unspecified atom stereocenters. The van der Waals surface area contributed by atoms with Gasteiger partial charge in [0.05, 0.1) is 19.8 Å². The molecule has 1 aromatic carbocycles. The van der Waals surface area contributed by atoms with Crippen LogP contribution in [0.25, 0.3) is 16.2 Å². The number of aromatic nitrogens is 4. The van der Waals surface area contributed by atoms with Gasteiger partial charge in [-0.3, -0.25) is 4.79 Å². The van der Waals surface area contributed by atoms with Gasteiger partial charge >= 0.3 is 5.56 Å². The van der Waals surface area contributed by atoms with E-state index in [1.165, 1.54) is 7.11 Å². The fraction of sp³-hybridized carbons (Fsp3) is 0.167. The van der Waals surface area contributed by atoms with Crippen LogP contribution in [0.3, 0.4) is 0 Å². The first kappa shape index (κ1) is 13.3. The van der Waals surface area contributed by atoms with Crippen LogP contribution in [-0.2, 0) is 0 Å². The maximum atomic E-state index is 12.4. The van der Waals surface area contributed by atoms with E-state index in [1.807, 2.05) is 0 Å². The van der Waals surface area contributed by atoms with Gasteiger partial charge in [-0.25, -0.2) is 0 Å². The van der Waals surface area contributed by atoms with Crippen LogP contribution in [0.4, 0.5) is 5.13 Å². The Morgan fingerprint density at radius 3 is 2.76 bits per heavy atom. The average molecular weight is 305 g/mol. The summed E-state index contributed by atoms with van der Waals surface area (Å²) in [6, 6.07) is 5.06. The molecular formula is C12H11N5O3S. The molecule has 108 valence electrons. The second kappa shape index (κ2) is 5.02. The Morgan fingerprint density at radius 1 is 1.24 bits per heavy atom. The number of fused-ring (bicyclic) bond motifs is 1. The van der Waals surface area contributed by atoms with Gasteiger partial charge in [0.1, 0.15) is 11.5 Å². The van der Waals surface area contributed by atoms with E-state index >= 15 is 0 Å². The van der Waals surface area contributed by atoms with Crippen LogP contribution in [0.2, 0.25) is 0 Å². The number of methoxy groups -OCH3 is 2. The molecule has 0 bridgehead atoms. The van der Waals surface area contributed by atoms with Gasteiger partial charge in [-0.05, 0) is 12.1 Å². The zero-order valence-electron chi connectivity index (χ0n) is 11.2. The molecule has 0 saturated carbocycles. The van der Waals surface area contributed by atoms with Crippen molar-refractivity contribution in [2.75, 3.05) is 20.0 Å². The number of nitrogens with two attached hydrogens (primary N) is 1. The topological polar surface area (TPSA) is 105 Å². The Hall–Kier alpha value is -2.68. The van der Waals surface area contributed by atoms with Crippen molar-refractivity contribution in [3.8, 4) is 22.8 Å². The van der Waals surface area contributed by atoms with E-state index in [-0.39, 0.29) is 10.8 Å². The molecule has 0 atom stereocenters. The zero-order valence-corrected chi connectivity index (χ0v) is 12.0. The summed E-state index contributed by atoms with van der Waals surface area (Å²) in [7, 11) is 3.05. The van der Waals surface area contributed by atoms with E-state index in [9.17, 15) is 4.79 Å². The smallest absolute Gasteiger partial charge is 0.302 e. The van der Waals surface area contributed by atoms with Gasteiger partial charge in [0, 0.05) is 6.07 Å². The molecule has 0 aliphatic rings. The average Bonchev–Trinajstić information content (AvgIpc) is 2.89. The molecule has 0 aliphatic heterocycles. The molecule has 0 amide bonds. The Morgan fingerprint density at radius 2 is 2.05 bits per heavy atom. The van der Waals surface area contributed by atoms with Gasteiger partial charge in [0.2, 0.25) is 10.1 Å². The van der Waals surface area contributed by atoms with Crippen molar-refractivity contribution in [2.45, 2.75) is 0 Å². The molecule has 8 nitrogen and oxygen atoms in total. The summed E-state index contributed by atoms with van der Waals surface area (Å²) < 4.78 is 11.5. The third-order valence-corrected chi connectivity index (χ3v) is 3.60. The lowest BCUT2D eigenvalue weighted by Crippen LogP contribution is -2.19. The minimum absolute atomic E-state index is 0.136. The highest BCUT2D eigenvalue weighted by atomic mass is 32.1. The van der Waals surface area contributed by atoms with Crippen molar-refractivity contribution in [1.82, 2.24) is 19.8 Å². The molecular weight excluding hydrogens is 294 g/mol. The fourth-order valence-electron chi connectivity index (χ4n) is 1.89. The van der Waals surface area contributed by atoms with Gasteiger partial charge in [0.15, 0.2) is 5.69 Å². The Labute approximate surface area is 122 Å². The van der Waals surface area contributed by atoms with E-state index in [0.29, 0.717) is 22.0 Å². The van der Waals surface area contributed by atoms with Crippen LogP contribution in [0.15, 0.2) is 23.0 Å². The summed E-state index contributed by atoms with van der Waals surface area (Å²) >= 11 is 1.09. The largest absolute Gasteiger partial charge is 0.497 e. The Kier molecular flexibility index (Phi) is 3.18. The van der Waals surface area contributed by atoms with Gasteiger partial charge < -0.3 is 15.2 Å². The lowest BCUT2D eigenvalue weighted by molar-refractivity contribution is 0.395. The SMILES string of the molecule is COc1ccc(-c2nnc3sc(N)nn3c2=O)c(OC)c1. The first-order chi connectivity index (χ1) is 10.1. The van der Waals surface area contributed by atoms with Gasteiger partial charge in [-0.15, -0.1) is 15.3 Å². The van der Waals surface area contributed by atoms with E-state index in [2.05, 4.69) is 15.3 Å². The predicted octanol–water partition coefficient (Wildman–Crippen LogP) is 0.812. The predicted molar refractivity (Wildman–Crippen MR) is 77.9 cm³/mol. The molecule has 21 heavy (non-hydrogen) atoms. The second-order valence-corrected chi connectivity index (χ2v) is 5.04. The molecule has 0 spiro atoms. The summed E-state index contributed by atoms with van der Waals surface area (Å²) in [5.41, 5.74) is 5.82. The van der Waals surface area contributed by atoms with Crippen LogP contribution >= 0.6 is 11.3 Å². The molecule has 2 N–H and O–H groups in total. The molecule has 2 aromatic heterocycles. The first-order valence-electron chi connectivity index (χ1n) is 5.88.